The Bertz CT molecular complexity index is 674. The molecule has 0 aliphatic heterocycles. The van der Waals surface area contributed by atoms with Gasteiger partial charge in [0.2, 0.25) is 5.91 Å². The minimum absolute atomic E-state index is 0.0541. The Morgan fingerprint density at radius 3 is 2.92 bits per heavy atom. The summed E-state index contributed by atoms with van der Waals surface area (Å²) in [7, 11) is -1.22. The average molecular weight is 347 g/mol. The van der Waals surface area contributed by atoms with Crippen LogP contribution in [0.3, 0.4) is 0 Å². The smallest absolute Gasteiger partial charge is 0.232 e. The summed E-state index contributed by atoms with van der Waals surface area (Å²) in [6.07, 6.45) is 11.4. The van der Waals surface area contributed by atoms with Gasteiger partial charge in [0, 0.05) is 29.7 Å². The van der Waals surface area contributed by atoms with Crippen LogP contribution in [0.25, 0.3) is 5.65 Å². The van der Waals surface area contributed by atoms with Gasteiger partial charge in [-0.3, -0.25) is 9.00 Å². The van der Waals surface area contributed by atoms with Crippen molar-refractivity contribution in [2.45, 2.75) is 44.3 Å². The van der Waals surface area contributed by atoms with Crippen LogP contribution < -0.4 is 5.32 Å². The van der Waals surface area contributed by atoms with Crippen molar-refractivity contribution in [1.82, 2.24) is 14.7 Å². The Kier molecular flexibility index (Phi) is 6.01. The highest BCUT2D eigenvalue weighted by molar-refractivity contribution is 7.84. The predicted octanol–water partition coefficient (Wildman–Crippen LogP) is 2.67. The monoisotopic (exact) mass is 347 g/mol. The number of carbonyl (C=O) groups excluding carboxylic acids is 1. The van der Waals surface area contributed by atoms with Crippen molar-refractivity contribution in [3.05, 3.63) is 36.3 Å². The number of nitrogens with one attached hydrogen (secondary N) is 1. The van der Waals surface area contributed by atoms with Crippen LogP contribution in [0.15, 0.2) is 30.6 Å². The van der Waals surface area contributed by atoms with Gasteiger partial charge in [-0.15, -0.1) is 0 Å². The summed E-state index contributed by atoms with van der Waals surface area (Å²) in [5, 5.41) is 2.92. The van der Waals surface area contributed by atoms with Gasteiger partial charge in [0.1, 0.15) is 11.4 Å². The Morgan fingerprint density at radius 1 is 1.29 bits per heavy atom. The molecule has 0 unspecified atom stereocenters. The zero-order valence-electron chi connectivity index (χ0n) is 13.9. The van der Waals surface area contributed by atoms with Crippen LogP contribution in [0.2, 0.25) is 0 Å². The zero-order chi connectivity index (χ0) is 16.8. The summed E-state index contributed by atoms with van der Waals surface area (Å²) in [5.74, 6) is 1.01. The molecule has 1 amide bonds. The van der Waals surface area contributed by atoms with E-state index in [2.05, 4.69) is 10.3 Å². The molecule has 2 heterocycles. The molecule has 1 atom stereocenters. The quantitative estimate of drug-likeness (QED) is 0.837. The molecule has 1 N–H and O–H groups in total. The molecule has 1 fully saturated rings. The third-order valence-corrected chi connectivity index (χ3v) is 5.82. The lowest BCUT2D eigenvalue weighted by atomic mass is 9.87. The van der Waals surface area contributed by atoms with E-state index in [0.29, 0.717) is 12.3 Å². The van der Waals surface area contributed by atoms with Crippen molar-refractivity contribution in [1.29, 1.82) is 0 Å². The minimum Gasteiger partial charge on any atom is -0.355 e. The molecule has 0 bridgehead atoms. The molecule has 2 aromatic rings. The fraction of sp³-hybridized carbons (Fsp3) is 0.556. The van der Waals surface area contributed by atoms with E-state index in [1.54, 1.807) is 0 Å². The number of carbonyl (C=O) groups is 1. The second-order valence-corrected chi connectivity index (χ2v) is 8.03. The standard InChI is InChI=1S/C18H25N3O2S/c22-18(19-10-9-15-6-2-1-3-7-15)14-24(23)13-16-12-21-11-5-4-8-17(21)20-16/h4-5,8,11-12,15H,1-3,6-7,9-10,13-14H2,(H,19,22)/t24-/m0/s1. The lowest BCUT2D eigenvalue weighted by Crippen LogP contribution is -2.30. The first-order valence-electron chi connectivity index (χ1n) is 8.75. The molecule has 1 aliphatic carbocycles. The number of hydrogen-bond donors (Lipinski definition) is 1. The molecule has 24 heavy (non-hydrogen) atoms. The summed E-state index contributed by atoms with van der Waals surface area (Å²) in [4.78, 5) is 16.3. The largest absolute Gasteiger partial charge is 0.355 e. The van der Waals surface area contributed by atoms with E-state index in [4.69, 9.17) is 0 Å². The van der Waals surface area contributed by atoms with Gasteiger partial charge >= 0.3 is 0 Å². The van der Waals surface area contributed by atoms with Crippen molar-refractivity contribution in [3.8, 4) is 0 Å². The van der Waals surface area contributed by atoms with E-state index in [9.17, 15) is 9.00 Å². The Morgan fingerprint density at radius 2 is 2.12 bits per heavy atom. The number of pyridine rings is 1. The van der Waals surface area contributed by atoms with Gasteiger partial charge in [0.15, 0.2) is 0 Å². The summed E-state index contributed by atoms with van der Waals surface area (Å²) in [5.41, 5.74) is 1.59. The van der Waals surface area contributed by atoms with E-state index in [1.165, 1.54) is 32.1 Å². The fourth-order valence-electron chi connectivity index (χ4n) is 3.36. The van der Waals surface area contributed by atoms with Crippen LogP contribution in [0.5, 0.6) is 0 Å². The number of imidazole rings is 1. The highest BCUT2D eigenvalue weighted by atomic mass is 32.2. The summed E-state index contributed by atoms with van der Waals surface area (Å²) >= 11 is 0. The highest BCUT2D eigenvalue weighted by Gasteiger charge is 2.14. The van der Waals surface area contributed by atoms with Gasteiger partial charge in [-0.1, -0.05) is 38.2 Å². The predicted molar refractivity (Wildman–Crippen MR) is 96.1 cm³/mol. The van der Waals surface area contributed by atoms with Gasteiger partial charge in [-0.05, 0) is 24.5 Å². The van der Waals surface area contributed by atoms with Crippen LogP contribution in [0.4, 0.5) is 0 Å². The SMILES string of the molecule is O=C(C[S@@](=O)Cc1cn2ccccc2n1)NCCC1CCCCC1. The first kappa shape index (κ1) is 17.1. The van der Waals surface area contributed by atoms with E-state index in [1.807, 2.05) is 35.0 Å². The molecule has 2 aromatic heterocycles. The third-order valence-electron chi connectivity index (χ3n) is 4.61. The van der Waals surface area contributed by atoms with Crippen LogP contribution >= 0.6 is 0 Å². The maximum Gasteiger partial charge on any atom is 0.232 e. The van der Waals surface area contributed by atoms with Crippen LogP contribution in [-0.2, 0) is 21.3 Å². The fourth-order valence-corrected chi connectivity index (χ4v) is 4.33. The normalized spacial score (nSPS) is 17.0. The van der Waals surface area contributed by atoms with Crippen molar-refractivity contribution >= 4 is 22.4 Å². The molecule has 1 saturated carbocycles. The van der Waals surface area contributed by atoms with Crippen LogP contribution in [0, 0.1) is 5.92 Å². The van der Waals surface area contributed by atoms with Crippen LogP contribution in [-0.4, -0.2) is 31.8 Å². The first-order valence-corrected chi connectivity index (χ1v) is 10.2. The second kappa shape index (κ2) is 8.42. The molecule has 0 saturated heterocycles. The Labute approximate surface area is 145 Å². The van der Waals surface area contributed by atoms with E-state index >= 15 is 0 Å². The molecule has 0 aromatic carbocycles. The molecule has 6 heteroatoms. The molecule has 130 valence electrons. The average Bonchev–Trinajstić information content (AvgIpc) is 2.97. The second-order valence-electron chi connectivity index (χ2n) is 6.57. The van der Waals surface area contributed by atoms with Gasteiger partial charge < -0.3 is 9.72 Å². The summed E-state index contributed by atoms with van der Waals surface area (Å²) in [6, 6.07) is 5.75. The van der Waals surface area contributed by atoms with E-state index in [-0.39, 0.29) is 11.7 Å². The summed E-state index contributed by atoms with van der Waals surface area (Å²) < 4.78 is 14.1. The van der Waals surface area contributed by atoms with Gasteiger partial charge in [-0.25, -0.2) is 4.98 Å². The van der Waals surface area contributed by atoms with Crippen molar-refractivity contribution in [3.63, 3.8) is 0 Å². The third kappa shape index (κ3) is 4.90. The topological polar surface area (TPSA) is 63.5 Å². The lowest BCUT2D eigenvalue weighted by Gasteiger charge is -2.21. The maximum absolute atomic E-state index is 12.2. The number of rotatable bonds is 7. The lowest BCUT2D eigenvalue weighted by molar-refractivity contribution is -0.118. The molecular formula is C18H25N3O2S. The molecule has 5 nitrogen and oxygen atoms in total. The number of hydrogen-bond acceptors (Lipinski definition) is 3. The number of amides is 1. The van der Waals surface area contributed by atoms with Gasteiger partial charge in [0.25, 0.3) is 0 Å². The summed E-state index contributed by atoms with van der Waals surface area (Å²) in [6.45, 7) is 0.703. The van der Waals surface area contributed by atoms with Crippen LogP contribution in [0.1, 0.15) is 44.2 Å². The molecule has 0 radical (unpaired) electrons. The Hall–Kier alpha value is -1.69. The number of aromatic nitrogens is 2. The minimum atomic E-state index is -1.22. The molecule has 1 aliphatic rings. The molecular weight excluding hydrogens is 322 g/mol. The molecule has 0 spiro atoms. The van der Waals surface area contributed by atoms with Gasteiger partial charge in [0.05, 0.1) is 11.4 Å². The van der Waals surface area contributed by atoms with E-state index in [0.717, 1.165) is 23.7 Å². The Balaban J connectivity index is 1.40. The van der Waals surface area contributed by atoms with E-state index < -0.39 is 10.8 Å². The zero-order valence-corrected chi connectivity index (χ0v) is 14.8. The van der Waals surface area contributed by atoms with Crippen molar-refractivity contribution in [2.24, 2.45) is 5.92 Å². The number of fused-ring (bicyclic) bond motifs is 1. The maximum atomic E-state index is 12.2. The van der Waals surface area contributed by atoms with Gasteiger partial charge in [-0.2, -0.15) is 0 Å². The highest BCUT2D eigenvalue weighted by Crippen LogP contribution is 2.25. The van der Waals surface area contributed by atoms with Crippen molar-refractivity contribution < 1.29 is 9.00 Å². The van der Waals surface area contributed by atoms with Crippen molar-refractivity contribution in [2.75, 3.05) is 12.3 Å². The first-order chi connectivity index (χ1) is 11.7. The molecule has 3 rings (SSSR count). The number of nitrogens with zero attached hydrogens (tertiary/aromatic N) is 2.